The molecule has 7 nitrogen and oxygen atoms in total. The second-order valence-electron chi connectivity index (χ2n) is 5.70. The highest BCUT2D eigenvalue weighted by Crippen LogP contribution is 2.26. The Morgan fingerprint density at radius 3 is 2.67 bits per heavy atom. The molecule has 0 aliphatic heterocycles. The van der Waals surface area contributed by atoms with E-state index in [2.05, 4.69) is 5.32 Å². The number of ether oxygens (including phenoxy) is 2. The number of methoxy groups -OCH3 is 1. The molecule has 1 atom stereocenters. The van der Waals surface area contributed by atoms with Crippen molar-refractivity contribution in [1.82, 2.24) is 5.32 Å². The second kappa shape index (κ2) is 9.82. The van der Waals surface area contributed by atoms with Gasteiger partial charge in [0.1, 0.15) is 24.1 Å². The molecule has 2 N–H and O–H groups in total. The Balaban J connectivity index is 2.09. The summed E-state index contributed by atoms with van der Waals surface area (Å²) in [5.74, 6) is -0.400. The third-order valence-electron chi connectivity index (χ3n) is 3.76. The zero-order valence-electron chi connectivity index (χ0n) is 14.8. The van der Waals surface area contributed by atoms with Gasteiger partial charge in [-0.2, -0.15) is 5.26 Å². The molecule has 1 amide bonds. The lowest BCUT2D eigenvalue weighted by Crippen LogP contribution is -2.28. The van der Waals surface area contributed by atoms with Gasteiger partial charge in [-0.25, -0.2) is 0 Å². The third kappa shape index (κ3) is 6.04. The van der Waals surface area contributed by atoms with Crippen molar-refractivity contribution in [2.45, 2.75) is 25.5 Å². The number of amides is 1. The van der Waals surface area contributed by atoms with E-state index in [1.807, 2.05) is 30.3 Å². The Morgan fingerprint density at radius 2 is 1.96 bits per heavy atom. The van der Waals surface area contributed by atoms with E-state index in [0.717, 1.165) is 5.56 Å². The summed E-state index contributed by atoms with van der Waals surface area (Å²) in [7, 11) is 1.58. The number of para-hydroxylation sites is 1. The largest absolute Gasteiger partial charge is 0.497 e. The highest BCUT2D eigenvalue weighted by molar-refractivity contribution is 5.81. The topological polar surface area (TPSA) is 109 Å². The standard InChI is InChI=1S/C20H20N2O5/c1-26-15-6-4-5-14(11-15)13-27-18-8-3-2-7-16(18)17(12-21)22-19(23)9-10-20(24)25/h2-8,11,17H,9-10,13H2,1H3,(H,22,23)(H,24,25). The van der Waals surface area contributed by atoms with Crippen LogP contribution in [0.1, 0.15) is 30.0 Å². The Kier molecular flexibility index (Phi) is 7.20. The maximum Gasteiger partial charge on any atom is 0.303 e. The number of nitriles is 1. The lowest BCUT2D eigenvalue weighted by atomic mass is 10.1. The fraction of sp³-hybridized carbons (Fsp3) is 0.250. The summed E-state index contributed by atoms with van der Waals surface area (Å²) in [5, 5.41) is 20.6. The molecule has 0 radical (unpaired) electrons. The summed E-state index contributed by atoms with van der Waals surface area (Å²) in [6, 6.07) is 15.4. The Labute approximate surface area is 157 Å². The molecule has 0 aromatic heterocycles. The van der Waals surface area contributed by atoms with E-state index < -0.39 is 17.9 Å². The quantitative estimate of drug-likeness (QED) is 0.704. The highest BCUT2D eigenvalue weighted by Gasteiger charge is 2.18. The van der Waals surface area contributed by atoms with Gasteiger partial charge in [0, 0.05) is 12.0 Å². The zero-order chi connectivity index (χ0) is 19.6. The summed E-state index contributed by atoms with van der Waals surface area (Å²) < 4.78 is 11.0. The average Bonchev–Trinajstić information content (AvgIpc) is 2.69. The molecule has 7 heteroatoms. The van der Waals surface area contributed by atoms with Crippen molar-refractivity contribution in [2.75, 3.05) is 7.11 Å². The summed E-state index contributed by atoms with van der Waals surface area (Å²) in [6.07, 6.45) is -0.488. The number of hydrogen-bond donors (Lipinski definition) is 2. The van der Waals surface area contributed by atoms with Crippen LogP contribution in [0, 0.1) is 11.3 Å². The van der Waals surface area contributed by atoms with E-state index in [9.17, 15) is 14.9 Å². The van der Waals surface area contributed by atoms with Crippen LogP contribution >= 0.6 is 0 Å². The first-order chi connectivity index (χ1) is 13.0. The number of carbonyl (C=O) groups excluding carboxylic acids is 1. The minimum Gasteiger partial charge on any atom is -0.497 e. The number of nitrogens with one attached hydrogen (secondary N) is 1. The monoisotopic (exact) mass is 368 g/mol. The van der Waals surface area contributed by atoms with Crippen LogP contribution in [0.4, 0.5) is 0 Å². The number of hydrogen-bond acceptors (Lipinski definition) is 5. The van der Waals surface area contributed by atoms with Gasteiger partial charge in [0.05, 0.1) is 19.6 Å². The fourth-order valence-corrected chi connectivity index (χ4v) is 2.41. The van der Waals surface area contributed by atoms with E-state index in [4.69, 9.17) is 14.6 Å². The van der Waals surface area contributed by atoms with Crippen LogP contribution in [0.3, 0.4) is 0 Å². The van der Waals surface area contributed by atoms with Gasteiger partial charge in [-0.15, -0.1) is 0 Å². The van der Waals surface area contributed by atoms with Crippen molar-refractivity contribution in [2.24, 2.45) is 0 Å². The molecule has 27 heavy (non-hydrogen) atoms. The lowest BCUT2D eigenvalue weighted by Gasteiger charge is -2.16. The van der Waals surface area contributed by atoms with E-state index in [-0.39, 0.29) is 19.4 Å². The molecule has 2 aromatic rings. The Morgan fingerprint density at radius 1 is 1.19 bits per heavy atom. The number of nitrogens with zero attached hydrogens (tertiary/aromatic N) is 1. The normalized spacial score (nSPS) is 11.1. The van der Waals surface area contributed by atoms with E-state index in [1.54, 1.807) is 31.4 Å². The smallest absolute Gasteiger partial charge is 0.303 e. The minimum atomic E-state index is -1.07. The molecule has 0 spiro atoms. The van der Waals surface area contributed by atoms with Crippen molar-refractivity contribution in [3.05, 3.63) is 59.7 Å². The maximum atomic E-state index is 11.9. The lowest BCUT2D eigenvalue weighted by molar-refractivity contribution is -0.138. The Bertz CT molecular complexity index is 844. The minimum absolute atomic E-state index is 0.194. The number of aliphatic carboxylic acids is 1. The van der Waals surface area contributed by atoms with Crippen molar-refractivity contribution >= 4 is 11.9 Å². The van der Waals surface area contributed by atoms with Crippen molar-refractivity contribution < 1.29 is 24.2 Å². The van der Waals surface area contributed by atoms with Gasteiger partial charge >= 0.3 is 5.97 Å². The molecule has 0 fully saturated rings. The van der Waals surface area contributed by atoms with E-state index in [1.165, 1.54) is 0 Å². The van der Waals surface area contributed by atoms with Crippen LogP contribution in [0.5, 0.6) is 11.5 Å². The van der Waals surface area contributed by atoms with Crippen molar-refractivity contribution in [3.63, 3.8) is 0 Å². The third-order valence-corrected chi connectivity index (χ3v) is 3.76. The predicted molar refractivity (Wildman–Crippen MR) is 97.1 cm³/mol. The first kappa shape index (κ1) is 19.8. The molecule has 2 aromatic carbocycles. The summed E-state index contributed by atoms with van der Waals surface area (Å²) >= 11 is 0. The van der Waals surface area contributed by atoms with E-state index in [0.29, 0.717) is 17.1 Å². The number of benzene rings is 2. The van der Waals surface area contributed by atoms with Crippen LogP contribution in [0.2, 0.25) is 0 Å². The van der Waals surface area contributed by atoms with Crippen LogP contribution < -0.4 is 14.8 Å². The summed E-state index contributed by atoms with van der Waals surface area (Å²) in [6.45, 7) is 0.263. The molecule has 140 valence electrons. The summed E-state index contributed by atoms with van der Waals surface area (Å²) in [5.41, 5.74) is 1.40. The molecular weight excluding hydrogens is 348 g/mol. The van der Waals surface area contributed by atoms with Crippen molar-refractivity contribution in [3.8, 4) is 17.6 Å². The van der Waals surface area contributed by atoms with Gasteiger partial charge < -0.3 is 19.9 Å². The number of rotatable bonds is 9. The first-order valence-corrected chi connectivity index (χ1v) is 8.29. The van der Waals surface area contributed by atoms with Gasteiger partial charge in [0.25, 0.3) is 0 Å². The molecule has 0 heterocycles. The molecule has 0 saturated heterocycles. The average molecular weight is 368 g/mol. The molecule has 2 rings (SSSR count). The SMILES string of the molecule is COc1cccc(COc2ccccc2C(C#N)NC(=O)CCC(=O)O)c1. The second-order valence-corrected chi connectivity index (χ2v) is 5.70. The number of carboxylic acid groups (broad SMARTS) is 1. The molecule has 0 bridgehead atoms. The van der Waals surface area contributed by atoms with Crippen molar-refractivity contribution in [1.29, 1.82) is 5.26 Å². The first-order valence-electron chi connectivity index (χ1n) is 8.29. The highest BCUT2D eigenvalue weighted by atomic mass is 16.5. The van der Waals surface area contributed by atoms with Gasteiger partial charge in [-0.05, 0) is 23.8 Å². The van der Waals surface area contributed by atoms with Crippen LogP contribution in [0.25, 0.3) is 0 Å². The fourth-order valence-electron chi connectivity index (χ4n) is 2.41. The summed E-state index contributed by atoms with van der Waals surface area (Å²) in [4.78, 5) is 22.4. The maximum absolute atomic E-state index is 11.9. The number of carbonyl (C=O) groups is 2. The zero-order valence-corrected chi connectivity index (χ0v) is 14.8. The van der Waals surface area contributed by atoms with Gasteiger partial charge in [-0.3, -0.25) is 9.59 Å². The molecule has 0 aliphatic rings. The van der Waals surface area contributed by atoms with Gasteiger partial charge in [0.15, 0.2) is 0 Å². The van der Waals surface area contributed by atoms with Crippen LogP contribution in [-0.2, 0) is 16.2 Å². The van der Waals surface area contributed by atoms with Gasteiger partial charge in [-0.1, -0.05) is 30.3 Å². The predicted octanol–water partition coefficient (Wildman–Crippen LogP) is 2.82. The van der Waals surface area contributed by atoms with Gasteiger partial charge in [0.2, 0.25) is 5.91 Å². The number of carboxylic acids is 1. The van der Waals surface area contributed by atoms with Crippen LogP contribution in [-0.4, -0.2) is 24.1 Å². The molecular formula is C20H20N2O5. The molecule has 0 saturated carbocycles. The molecule has 1 unspecified atom stereocenters. The van der Waals surface area contributed by atoms with Crippen LogP contribution in [0.15, 0.2) is 48.5 Å². The Hall–Kier alpha value is -3.53. The molecule has 0 aliphatic carbocycles. The van der Waals surface area contributed by atoms with E-state index >= 15 is 0 Å².